The van der Waals surface area contributed by atoms with Crippen LogP contribution in [0.15, 0.2) is 66.9 Å². The van der Waals surface area contributed by atoms with Gasteiger partial charge < -0.3 is 25.0 Å². The number of unbranched alkanes of at least 4 members (excludes halogenated alkanes) is 3. The number of amides is 2. The second-order valence-corrected chi connectivity index (χ2v) is 8.65. The monoisotopic (exact) mass is 490 g/mol. The van der Waals surface area contributed by atoms with Crippen LogP contribution in [0.4, 0.5) is 16.3 Å². The number of hydrogen-bond acceptors (Lipinski definition) is 5. The number of rotatable bonds is 14. The molecule has 0 atom stereocenters. The lowest BCUT2D eigenvalue weighted by molar-refractivity contribution is 0.207. The largest absolute Gasteiger partial charge is 0.493 e. The molecule has 0 saturated carbocycles. The highest BCUT2D eigenvalue weighted by Gasteiger charge is 2.15. The predicted octanol–water partition coefficient (Wildman–Crippen LogP) is 6.37. The third kappa shape index (κ3) is 8.48. The number of carbonyl (C=O) groups excluding carboxylic acids is 1. The third-order valence-electron chi connectivity index (χ3n) is 6.05. The fraction of sp³-hybridized carbons (Fsp3) is 0.379. The summed E-state index contributed by atoms with van der Waals surface area (Å²) in [6.07, 6.45) is 6.88. The third-order valence-corrected chi connectivity index (χ3v) is 6.05. The lowest BCUT2D eigenvalue weighted by Crippen LogP contribution is -2.35. The maximum absolute atomic E-state index is 13.2. The van der Waals surface area contributed by atoms with E-state index in [2.05, 4.69) is 22.5 Å². The van der Waals surface area contributed by atoms with Crippen molar-refractivity contribution in [1.82, 2.24) is 9.88 Å². The summed E-state index contributed by atoms with van der Waals surface area (Å²) >= 11 is 0. The quantitative estimate of drug-likeness (QED) is 0.257. The molecule has 0 spiro atoms. The van der Waals surface area contributed by atoms with Crippen molar-refractivity contribution in [3.8, 4) is 11.5 Å². The first-order valence-corrected chi connectivity index (χ1v) is 12.6. The molecule has 0 aliphatic rings. The molecule has 0 saturated heterocycles. The molecule has 0 radical (unpaired) electrons. The van der Waals surface area contributed by atoms with E-state index >= 15 is 0 Å². The number of nitrogens with one attached hydrogen (secondary N) is 2. The van der Waals surface area contributed by atoms with Crippen LogP contribution in [0.5, 0.6) is 11.5 Å². The minimum Gasteiger partial charge on any atom is -0.493 e. The summed E-state index contributed by atoms with van der Waals surface area (Å²) in [5, 5.41) is 6.40. The van der Waals surface area contributed by atoms with E-state index in [4.69, 9.17) is 9.47 Å². The molecule has 7 nitrogen and oxygen atoms in total. The molecular formula is C29H38N4O3. The summed E-state index contributed by atoms with van der Waals surface area (Å²) < 4.78 is 10.8. The van der Waals surface area contributed by atoms with Gasteiger partial charge in [0.25, 0.3) is 0 Å². The number of anilines is 2. The van der Waals surface area contributed by atoms with E-state index in [1.807, 2.05) is 65.6 Å². The molecule has 3 aromatic rings. The van der Waals surface area contributed by atoms with Crippen molar-refractivity contribution in [3.63, 3.8) is 0 Å². The number of benzene rings is 2. The van der Waals surface area contributed by atoms with Crippen LogP contribution in [0.2, 0.25) is 0 Å². The summed E-state index contributed by atoms with van der Waals surface area (Å²) in [5.41, 5.74) is 3.03. The molecule has 0 bridgehead atoms. The molecule has 2 N–H and O–H groups in total. The predicted molar refractivity (Wildman–Crippen MR) is 146 cm³/mol. The first-order valence-electron chi connectivity index (χ1n) is 12.6. The minimum atomic E-state index is -0.106. The molecule has 0 aliphatic carbocycles. The second-order valence-electron chi connectivity index (χ2n) is 8.65. The molecule has 3 rings (SSSR count). The molecule has 2 aromatic carbocycles. The van der Waals surface area contributed by atoms with Gasteiger partial charge in [-0.2, -0.15) is 0 Å². The van der Waals surface area contributed by atoms with Crippen molar-refractivity contribution in [1.29, 1.82) is 0 Å². The first-order chi connectivity index (χ1) is 17.6. The Labute approximate surface area is 214 Å². The zero-order chi connectivity index (χ0) is 25.6. The van der Waals surface area contributed by atoms with Crippen LogP contribution in [0, 0.1) is 0 Å². The maximum atomic E-state index is 13.2. The summed E-state index contributed by atoms with van der Waals surface area (Å²) in [6, 6.07) is 19.6. The van der Waals surface area contributed by atoms with Crippen LogP contribution in [0.1, 0.15) is 43.7 Å². The number of ether oxygens (including phenoxy) is 2. The van der Waals surface area contributed by atoms with Gasteiger partial charge in [-0.15, -0.1) is 0 Å². The Morgan fingerprint density at radius 2 is 1.64 bits per heavy atom. The Hall–Kier alpha value is -3.74. The van der Waals surface area contributed by atoms with E-state index in [-0.39, 0.29) is 6.03 Å². The number of pyridine rings is 1. The zero-order valence-corrected chi connectivity index (χ0v) is 21.6. The number of carbonyl (C=O) groups is 1. The molecule has 36 heavy (non-hydrogen) atoms. The molecule has 2 amide bonds. The van der Waals surface area contributed by atoms with Gasteiger partial charge in [-0.05, 0) is 66.8 Å². The van der Waals surface area contributed by atoms with Gasteiger partial charge in [0.2, 0.25) is 0 Å². The Kier molecular flexibility index (Phi) is 10.9. The smallest absolute Gasteiger partial charge is 0.322 e. The number of hydrogen-bond donors (Lipinski definition) is 2. The molecule has 1 aromatic heterocycles. The van der Waals surface area contributed by atoms with E-state index in [0.29, 0.717) is 24.6 Å². The molecule has 0 fully saturated rings. The lowest BCUT2D eigenvalue weighted by Gasteiger charge is -2.24. The van der Waals surface area contributed by atoms with Crippen LogP contribution in [-0.2, 0) is 13.0 Å². The van der Waals surface area contributed by atoms with Crippen LogP contribution in [-0.4, -0.2) is 43.2 Å². The highest BCUT2D eigenvalue weighted by molar-refractivity contribution is 5.89. The van der Waals surface area contributed by atoms with E-state index in [1.54, 1.807) is 20.4 Å². The molecule has 192 valence electrons. The van der Waals surface area contributed by atoms with Crippen molar-refractivity contribution in [2.45, 2.75) is 45.6 Å². The topological polar surface area (TPSA) is 75.7 Å². The number of aromatic nitrogens is 1. The van der Waals surface area contributed by atoms with Gasteiger partial charge >= 0.3 is 6.03 Å². The minimum absolute atomic E-state index is 0.106. The molecule has 1 heterocycles. The molecule has 0 unspecified atom stereocenters. The highest BCUT2D eigenvalue weighted by Crippen LogP contribution is 2.28. The fourth-order valence-electron chi connectivity index (χ4n) is 3.94. The normalized spacial score (nSPS) is 10.5. The lowest BCUT2D eigenvalue weighted by atomic mass is 10.1. The molecule has 7 heteroatoms. The molecular weight excluding hydrogens is 452 g/mol. The van der Waals surface area contributed by atoms with Gasteiger partial charge in [0.15, 0.2) is 11.5 Å². The average Bonchev–Trinajstić information content (AvgIpc) is 2.92. The standard InChI is InChI=1S/C29H38N4O3/c1-4-23-12-15-25(16-13-23)32-29(34)33(22-24-14-17-26(35-2)27(21-24)36-3)20-10-6-5-8-18-30-28-11-7-9-19-31-28/h7,9,11-17,19,21H,4-6,8,10,18,20,22H2,1-3H3,(H,30,31)(H,32,34). The van der Waals surface area contributed by atoms with Crippen molar-refractivity contribution in [2.24, 2.45) is 0 Å². The number of methoxy groups -OCH3 is 2. The van der Waals surface area contributed by atoms with E-state index in [9.17, 15) is 4.79 Å². The van der Waals surface area contributed by atoms with Crippen molar-refractivity contribution >= 4 is 17.5 Å². The Bertz CT molecular complexity index is 1060. The van der Waals surface area contributed by atoms with E-state index in [0.717, 1.165) is 55.7 Å². The van der Waals surface area contributed by atoms with Crippen LogP contribution in [0.3, 0.4) is 0 Å². The Balaban J connectivity index is 1.55. The van der Waals surface area contributed by atoms with Gasteiger partial charge in [-0.1, -0.05) is 44.0 Å². The maximum Gasteiger partial charge on any atom is 0.322 e. The number of aryl methyl sites for hydroxylation is 1. The number of urea groups is 1. The van der Waals surface area contributed by atoms with Crippen molar-refractivity contribution in [3.05, 3.63) is 78.0 Å². The fourth-order valence-corrected chi connectivity index (χ4v) is 3.94. The van der Waals surface area contributed by atoms with Crippen LogP contribution in [0.25, 0.3) is 0 Å². The van der Waals surface area contributed by atoms with Gasteiger partial charge in [-0.3, -0.25) is 0 Å². The first kappa shape index (κ1) is 26.9. The summed E-state index contributed by atoms with van der Waals surface area (Å²) in [6.45, 7) is 4.16. The molecule has 0 aliphatic heterocycles. The van der Waals surface area contributed by atoms with Gasteiger partial charge in [0.1, 0.15) is 5.82 Å². The van der Waals surface area contributed by atoms with Crippen molar-refractivity contribution < 1.29 is 14.3 Å². The second kappa shape index (κ2) is 14.6. The zero-order valence-electron chi connectivity index (χ0n) is 21.6. The number of nitrogens with zero attached hydrogens (tertiary/aromatic N) is 2. The Morgan fingerprint density at radius 1 is 0.889 bits per heavy atom. The van der Waals surface area contributed by atoms with Crippen LogP contribution < -0.4 is 20.1 Å². The van der Waals surface area contributed by atoms with E-state index < -0.39 is 0 Å². The van der Waals surface area contributed by atoms with E-state index in [1.165, 1.54) is 5.56 Å². The average molecular weight is 491 g/mol. The highest BCUT2D eigenvalue weighted by atomic mass is 16.5. The summed E-state index contributed by atoms with van der Waals surface area (Å²) in [7, 11) is 3.24. The van der Waals surface area contributed by atoms with Crippen LogP contribution >= 0.6 is 0 Å². The van der Waals surface area contributed by atoms with Gasteiger partial charge in [0, 0.05) is 31.5 Å². The van der Waals surface area contributed by atoms with Gasteiger partial charge in [-0.25, -0.2) is 9.78 Å². The Morgan fingerprint density at radius 3 is 2.33 bits per heavy atom. The van der Waals surface area contributed by atoms with Crippen molar-refractivity contribution in [2.75, 3.05) is 37.9 Å². The summed E-state index contributed by atoms with van der Waals surface area (Å²) in [5.74, 6) is 2.24. The van der Waals surface area contributed by atoms with Gasteiger partial charge in [0.05, 0.1) is 14.2 Å². The SMILES string of the molecule is CCc1ccc(NC(=O)N(CCCCCCNc2ccccn2)Cc2ccc(OC)c(OC)c2)cc1. The summed E-state index contributed by atoms with van der Waals surface area (Å²) in [4.78, 5) is 19.4.